The van der Waals surface area contributed by atoms with E-state index >= 15 is 0 Å². The standard InChI is InChI=1S/C32H32ClN5O2/c33-28-15-8-7-14-27(28)29-16-17-30(35-34-29)36-18-9-19-37(21-20-36)32(40)24-38(23-26-12-5-2-6-13-26)31(39)22-25-10-3-1-4-11-25/h1-8,10-17H,9,18-24H2. The van der Waals surface area contributed by atoms with Crippen molar-refractivity contribution in [2.24, 2.45) is 0 Å². The van der Waals surface area contributed by atoms with Gasteiger partial charge in [-0.2, -0.15) is 0 Å². The molecule has 7 nitrogen and oxygen atoms in total. The third kappa shape index (κ3) is 7.04. The molecule has 4 aromatic rings. The molecule has 0 saturated carbocycles. The Kier molecular flexibility index (Phi) is 9.04. The average Bonchev–Trinajstić information content (AvgIpc) is 3.25. The maximum Gasteiger partial charge on any atom is 0.242 e. The zero-order chi connectivity index (χ0) is 27.7. The topological polar surface area (TPSA) is 69.6 Å². The minimum absolute atomic E-state index is 0.0423. The van der Waals surface area contributed by atoms with Gasteiger partial charge in [-0.1, -0.05) is 90.5 Å². The largest absolute Gasteiger partial charge is 0.353 e. The fraction of sp³-hybridized carbons (Fsp3) is 0.250. The molecule has 1 saturated heterocycles. The first-order valence-corrected chi connectivity index (χ1v) is 13.9. The van der Waals surface area contributed by atoms with Crippen LogP contribution in [0, 0.1) is 0 Å². The molecule has 0 N–H and O–H groups in total. The number of hydrogen-bond donors (Lipinski definition) is 0. The first-order chi connectivity index (χ1) is 19.6. The van der Waals surface area contributed by atoms with Gasteiger partial charge in [0.1, 0.15) is 6.54 Å². The van der Waals surface area contributed by atoms with Crippen molar-refractivity contribution in [3.8, 4) is 11.3 Å². The average molecular weight is 554 g/mol. The maximum absolute atomic E-state index is 13.5. The molecule has 0 aliphatic carbocycles. The zero-order valence-corrected chi connectivity index (χ0v) is 23.1. The van der Waals surface area contributed by atoms with Gasteiger partial charge in [0.05, 0.1) is 17.1 Å². The van der Waals surface area contributed by atoms with Crippen LogP contribution in [0.25, 0.3) is 11.3 Å². The van der Waals surface area contributed by atoms with Crippen LogP contribution in [0.5, 0.6) is 0 Å². The summed E-state index contributed by atoms with van der Waals surface area (Å²) in [6.45, 7) is 3.04. The van der Waals surface area contributed by atoms with E-state index in [0.717, 1.165) is 41.2 Å². The number of rotatable bonds is 8. The van der Waals surface area contributed by atoms with E-state index in [-0.39, 0.29) is 24.8 Å². The van der Waals surface area contributed by atoms with Gasteiger partial charge >= 0.3 is 0 Å². The number of carbonyl (C=O) groups excluding carboxylic acids is 2. The highest BCUT2D eigenvalue weighted by Crippen LogP contribution is 2.26. The molecule has 8 heteroatoms. The first kappa shape index (κ1) is 27.3. The molecule has 40 heavy (non-hydrogen) atoms. The molecular weight excluding hydrogens is 522 g/mol. The van der Waals surface area contributed by atoms with Gasteiger partial charge in [0.15, 0.2) is 5.82 Å². The molecule has 0 spiro atoms. The minimum atomic E-state index is -0.0614. The van der Waals surface area contributed by atoms with E-state index in [1.807, 2.05) is 102 Å². The van der Waals surface area contributed by atoms with E-state index in [1.54, 1.807) is 4.90 Å². The highest BCUT2D eigenvalue weighted by molar-refractivity contribution is 6.33. The molecule has 1 fully saturated rings. The van der Waals surface area contributed by atoms with Crippen molar-refractivity contribution in [1.29, 1.82) is 0 Å². The summed E-state index contributed by atoms with van der Waals surface area (Å²) in [7, 11) is 0. The van der Waals surface area contributed by atoms with E-state index in [9.17, 15) is 9.59 Å². The highest BCUT2D eigenvalue weighted by Gasteiger charge is 2.24. The van der Waals surface area contributed by atoms with E-state index in [2.05, 4.69) is 15.1 Å². The minimum Gasteiger partial charge on any atom is -0.353 e. The Labute approximate surface area is 240 Å². The van der Waals surface area contributed by atoms with Crippen LogP contribution >= 0.6 is 11.6 Å². The summed E-state index contributed by atoms with van der Waals surface area (Å²) < 4.78 is 0. The lowest BCUT2D eigenvalue weighted by molar-refractivity contribution is -0.140. The van der Waals surface area contributed by atoms with Crippen LogP contribution in [0.15, 0.2) is 97.1 Å². The number of anilines is 1. The molecule has 2 heterocycles. The molecule has 0 bridgehead atoms. The van der Waals surface area contributed by atoms with Gasteiger partial charge in [-0.3, -0.25) is 9.59 Å². The molecular formula is C32H32ClN5O2. The van der Waals surface area contributed by atoms with Crippen molar-refractivity contribution in [1.82, 2.24) is 20.0 Å². The third-order valence-electron chi connectivity index (χ3n) is 7.07. The second kappa shape index (κ2) is 13.2. The van der Waals surface area contributed by atoms with Crippen molar-refractivity contribution < 1.29 is 9.59 Å². The van der Waals surface area contributed by atoms with Crippen LogP contribution in [-0.2, 0) is 22.6 Å². The van der Waals surface area contributed by atoms with E-state index < -0.39 is 0 Å². The number of benzene rings is 3. The summed E-state index contributed by atoms with van der Waals surface area (Å²) >= 11 is 6.32. The van der Waals surface area contributed by atoms with E-state index in [1.165, 1.54) is 0 Å². The Balaban J connectivity index is 1.23. The monoisotopic (exact) mass is 553 g/mol. The summed E-state index contributed by atoms with van der Waals surface area (Å²) in [6.07, 6.45) is 1.06. The van der Waals surface area contributed by atoms with Gasteiger partial charge in [-0.25, -0.2) is 0 Å². The van der Waals surface area contributed by atoms with Crippen LogP contribution in [0.1, 0.15) is 17.5 Å². The van der Waals surface area contributed by atoms with Gasteiger partial charge in [0.2, 0.25) is 11.8 Å². The predicted octanol–water partition coefficient (Wildman–Crippen LogP) is 5.11. The molecule has 2 amide bonds. The summed E-state index contributed by atoms with van der Waals surface area (Å²) in [5, 5.41) is 9.49. The van der Waals surface area contributed by atoms with Crippen molar-refractivity contribution in [3.05, 3.63) is 113 Å². The van der Waals surface area contributed by atoms with Gasteiger partial charge in [0, 0.05) is 38.3 Å². The Hall–Kier alpha value is -4.23. The van der Waals surface area contributed by atoms with Gasteiger partial charge in [-0.05, 0) is 35.7 Å². The van der Waals surface area contributed by atoms with Crippen molar-refractivity contribution in [2.45, 2.75) is 19.4 Å². The molecule has 0 unspecified atom stereocenters. The zero-order valence-electron chi connectivity index (χ0n) is 22.3. The fourth-order valence-electron chi connectivity index (χ4n) is 4.88. The van der Waals surface area contributed by atoms with Crippen LogP contribution in [0.4, 0.5) is 5.82 Å². The highest BCUT2D eigenvalue weighted by atomic mass is 35.5. The lowest BCUT2D eigenvalue weighted by Gasteiger charge is -2.27. The number of amides is 2. The summed E-state index contributed by atoms with van der Waals surface area (Å²) in [4.78, 5) is 32.5. The molecule has 0 radical (unpaired) electrons. The van der Waals surface area contributed by atoms with Gasteiger partial charge < -0.3 is 14.7 Å². The Morgan fingerprint density at radius 3 is 2.15 bits per heavy atom. The smallest absolute Gasteiger partial charge is 0.242 e. The number of carbonyl (C=O) groups is 2. The predicted molar refractivity (Wildman–Crippen MR) is 158 cm³/mol. The van der Waals surface area contributed by atoms with Crippen LogP contribution < -0.4 is 4.90 Å². The Bertz CT molecular complexity index is 1420. The molecule has 1 aliphatic rings. The van der Waals surface area contributed by atoms with Crippen molar-refractivity contribution in [3.63, 3.8) is 0 Å². The maximum atomic E-state index is 13.5. The first-order valence-electron chi connectivity index (χ1n) is 13.5. The number of halogens is 1. The summed E-state index contributed by atoms with van der Waals surface area (Å²) in [5.41, 5.74) is 3.50. The molecule has 204 valence electrons. The van der Waals surface area contributed by atoms with E-state index in [0.29, 0.717) is 31.2 Å². The molecule has 1 aliphatic heterocycles. The molecule has 0 atom stereocenters. The third-order valence-corrected chi connectivity index (χ3v) is 7.40. The van der Waals surface area contributed by atoms with Crippen molar-refractivity contribution >= 4 is 29.2 Å². The SMILES string of the molecule is O=C(CN(Cc1ccccc1)C(=O)Cc1ccccc1)N1CCCN(c2ccc(-c3ccccc3Cl)nn2)CC1. The normalized spacial score (nSPS) is 13.5. The second-order valence-corrected chi connectivity index (χ2v) is 10.3. The van der Waals surface area contributed by atoms with Crippen LogP contribution in [-0.4, -0.2) is 64.5 Å². The fourth-order valence-corrected chi connectivity index (χ4v) is 5.12. The summed E-state index contributed by atoms with van der Waals surface area (Å²) in [6, 6.07) is 30.9. The Morgan fingerprint density at radius 2 is 1.45 bits per heavy atom. The molecule has 3 aromatic carbocycles. The lowest BCUT2D eigenvalue weighted by Crippen LogP contribution is -2.44. The van der Waals surface area contributed by atoms with Crippen LogP contribution in [0.3, 0.4) is 0 Å². The van der Waals surface area contributed by atoms with Gasteiger partial charge in [0.25, 0.3) is 0 Å². The quantitative estimate of drug-likeness (QED) is 0.303. The Morgan fingerprint density at radius 1 is 0.750 bits per heavy atom. The van der Waals surface area contributed by atoms with Crippen LogP contribution in [0.2, 0.25) is 5.02 Å². The second-order valence-electron chi connectivity index (χ2n) is 9.88. The van der Waals surface area contributed by atoms with E-state index in [4.69, 9.17) is 11.6 Å². The summed E-state index contributed by atoms with van der Waals surface area (Å²) in [5.74, 6) is 0.668. The number of aromatic nitrogens is 2. The number of nitrogens with zero attached hydrogens (tertiary/aromatic N) is 5. The van der Waals surface area contributed by atoms with Crippen molar-refractivity contribution in [2.75, 3.05) is 37.6 Å². The van der Waals surface area contributed by atoms with Gasteiger partial charge in [-0.15, -0.1) is 10.2 Å². The number of hydrogen-bond acceptors (Lipinski definition) is 5. The lowest BCUT2D eigenvalue weighted by atomic mass is 10.1. The molecule has 5 rings (SSSR count). The molecule has 1 aromatic heterocycles.